The molecular weight excluding hydrogens is 458 g/mol. The molecule has 1 saturated heterocycles. The van der Waals surface area contributed by atoms with Crippen LogP contribution in [-0.4, -0.2) is 72.5 Å². The standard InChI is InChI=1S/C28H33N3O3S/c1-23-12-13-26(35-23)21-31(20-24-8-4-2-5-9-24)27(32)22-30(15-14-29-16-18-34-19-17-29)28(33)25-10-6-3-7-11-25/h2-13H,14-22H2,1H3. The van der Waals surface area contributed by atoms with Crippen LogP contribution in [0.5, 0.6) is 0 Å². The summed E-state index contributed by atoms with van der Waals surface area (Å²) in [6.07, 6.45) is 0. The largest absolute Gasteiger partial charge is 0.379 e. The summed E-state index contributed by atoms with van der Waals surface area (Å²) in [7, 11) is 0. The lowest BCUT2D eigenvalue weighted by Gasteiger charge is -2.31. The van der Waals surface area contributed by atoms with Gasteiger partial charge in [-0.1, -0.05) is 48.5 Å². The molecule has 35 heavy (non-hydrogen) atoms. The summed E-state index contributed by atoms with van der Waals surface area (Å²) in [5.74, 6) is -0.162. The molecule has 1 aromatic heterocycles. The first-order chi connectivity index (χ1) is 17.1. The topological polar surface area (TPSA) is 53.1 Å². The Morgan fingerprint density at radius 3 is 2.23 bits per heavy atom. The van der Waals surface area contributed by atoms with Gasteiger partial charge in [-0.25, -0.2) is 0 Å². The maximum atomic E-state index is 13.7. The number of aryl methyl sites for hydroxylation is 1. The Bertz CT molecular complexity index is 1080. The second-order valence-corrected chi connectivity index (χ2v) is 10.2. The summed E-state index contributed by atoms with van der Waals surface area (Å²) < 4.78 is 5.45. The number of nitrogens with zero attached hydrogens (tertiary/aromatic N) is 3. The Morgan fingerprint density at radius 2 is 1.57 bits per heavy atom. The zero-order valence-electron chi connectivity index (χ0n) is 20.3. The molecule has 2 heterocycles. The van der Waals surface area contributed by atoms with Crippen molar-refractivity contribution >= 4 is 23.2 Å². The maximum Gasteiger partial charge on any atom is 0.254 e. The Kier molecular flexibility index (Phi) is 9.06. The number of morpholine rings is 1. The molecule has 2 aromatic carbocycles. The molecule has 0 atom stereocenters. The molecule has 6 nitrogen and oxygen atoms in total. The van der Waals surface area contributed by atoms with Crippen LogP contribution >= 0.6 is 11.3 Å². The van der Waals surface area contributed by atoms with Crippen molar-refractivity contribution in [3.8, 4) is 0 Å². The van der Waals surface area contributed by atoms with Crippen LogP contribution in [0.3, 0.4) is 0 Å². The number of rotatable bonds is 10. The molecule has 1 aliphatic rings. The number of ether oxygens (including phenoxy) is 1. The fourth-order valence-corrected chi connectivity index (χ4v) is 5.07. The van der Waals surface area contributed by atoms with Gasteiger partial charge >= 0.3 is 0 Å². The predicted octanol–water partition coefficient (Wildman–Crippen LogP) is 4.06. The average molecular weight is 492 g/mol. The van der Waals surface area contributed by atoms with E-state index in [4.69, 9.17) is 4.74 Å². The number of carbonyl (C=O) groups excluding carboxylic acids is 2. The van der Waals surface area contributed by atoms with Crippen LogP contribution in [0.15, 0.2) is 72.8 Å². The highest BCUT2D eigenvalue weighted by atomic mass is 32.1. The minimum absolute atomic E-state index is 0.0498. The van der Waals surface area contributed by atoms with Gasteiger partial charge in [-0.3, -0.25) is 14.5 Å². The second-order valence-electron chi connectivity index (χ2n) is 8.79. The average Bonchev–Trinajstić information content (AvgIpc) is 3.31. The third kappa shape index (κ3) is 7.49. The zero-order valence-corrected chi connectivity index (χ0v) is 21.1. The number of carbonyl (C=O) groups is 2. The Morgan fingerprint density at radius 1 is 0.886 bits per heavy atom. The van der Waals surface area contributed by atoms with E-state index in [0.29, 0.717) is 38.4 Å². The van der Waals surface area contributed by atoms with Gasteiger partial charge in [0.05, 0.1) is 19.8 Å². The van der Waals surface area contributed by atoms with E-state index >= 15 is 0 Å². The molecule has 1 aliphatic heterocycles. The monoisotopic (exact) mass is 491 g/mol. The van der Waals surface area contributed by atoms with Crippen molar-refractivity contribution in [2.45, 2.75) is 20.0 Å². The Hall–Kier alpha value is -3.00. The van der Waals surface area contributed by atoms with Gasteiger partial charge in [-0.05, 0) is 36.8 Å². The van der Waals surface area contributed by atoms with Gasteiger partial charge in [-0.15, -0.1) is 11.3 Å². The molecule has 7 heteroatoms. The van der Waals surface area contributed by atoms with Gasteiger partial charge in [0.25, 0.3) is 5.91 Å². The highest BCUT2D eigenvalue weighted by Crippen LogP contribution is 2.19. The Labute approximate surface area is 211 Å². The number of hydrogen-bond donors (Lipinski definition) is 0. The minimum Gasteiger partial charge on any atom is -0.379 e. The SMILES string of the molecule is Cc1ccc(CN(Cc2ccccc2)C(=O)CN(CCN2CCOCC2)C(=O)c2ccccc2)s1. The summed E-state index contributed by atoms with van der Waals surface area (Å²) in [4.78, 5) is 35.3. The molecule has 0 saturated carbocycles. The normalized spacial score (nSPS) is 14.0. The van der Waals surface area contributed by atoms with Crippen molar-refractivity contribution in [1.82, 2.24) is 14.7 Å². The quantitative estimate of drug-likeness (QED) is 0.429. The molecule has 2 amide bonds. The lowest BCUT2D eigenvalue weighted by molar-refractivity contribution is -0.133. The highest BCUT2D eigenvalue weighted by Gasteiger charge is 2.24. The first-order valence-electron chi connectivity index (χ1n) is 12.1. The van der Waals surface area contributed by atoms with Gasteiger partial charge in [0.15, 0.2) is 0 Å². The molecule has 4 rings (SSSR count). The number of hydrogen-bond acceptors (Lipinski definition) is 5. The van der Waals surface area contributed by atoms with Crippen molar-refractivity contribution in [2.24, 2.45) is 0 Å². The van der Waals surface area contributed by atoms with Crippen molar-refractivity contribution in [1.29, 1.82) is 0 Å². The van der Waals surface area contributed by atoms with Gasteiger partial charge < -0.3 is 14.5 Å². The number of amides is 2. The van der Waals surface area contributed by atoms with E-state index in [-0.39, 0.29) is 18.4 Å². The lowest BCUT2D eigenvalue weighted by Crippen LogP contribution is -2.47. The Balaban J connectivity index is 1.51. The van der Waals surface area contributed by atoms with E-state index in [9.17, 15) is 9.59 Å². The van der Waals surface area contributed by atoms with Crippen LogP contribution < -0.4 is 0 Å². The fourth-order valence-electron chi connectivity index (χ4n) is 4.16. The van der Waals surface area contributed by atoms with Crippen LogP contribution in [0.4, 0.5) is 0 Å². The molecule has 0 spiro atoms. The molecule has 0 N–H and O–H groups in total. The van der Waals surface area contributed by atoms with Crippen molar-refractivity contribution in [3.05, 3.63) is 93.7 Å². The smallest absolute Gasteiger partial charge is 0.254 e. The number of thiophene rings is 1. The predicted molar refractivity (Wildman–Crippen MR) is 139 cm³/mol. The van der Waals surface area contributed by atoms with Gasteiger partial charge in [0.2, 0.25) is 5.91 Å². The van der Waals surface area contributed by atoms with E-state index in [0.717, 1.165) is 30.1 Å². The first kappa shape index (κ1) is 25.1. The lowest BCUT2D eigenvalue weighted by atomic mass is 10.2. The van der Waals surface area contributed by atoms with Crippen LogP contribution in [-0.2, 0) is 22.6 Å². The van der Waals surface area contributed by atoms with Gasteiger partial charge in [0, 0.05) is 48.0 Å². The zero-order chi connectivity index (χ0) is 24.5. The van der Waals surface area contributed by atoms with Crippen molar-refractivity contribution in [2.75, 3.05) is 45.9 Å². The molecule has 1 fully saturated rings. The van der Waals surface area contributed by atoms with E-state index in [2.05, 4.69) is 24.0 Å². The van der Waals surface area contributed by atoms with Gasteiger partial charge in [0.1, 0.15) is 6.54 Å². The molecule has 3 aromatic rings. The van der Waals surface area contributed by atoms with E-state index in [1.165, 1.54) is 4.88 Å². The van der Waals surface area contributed by atoms with Crippen LogP contribution in [0.1, 0.15) is 25.7 Å². The van der Waals surface area contributed by atoms with Crippen LogP contribution in [0, 0.1) is 6.92 Å². The molecular formula is C28H33N3O3S. The van der Waals surface area contributed by atoms with E-state index < -0.39 is 0 Å². The summed E-state index contributed by atoms with van der Waals surface area (Å²) in [5, 5.41) is 0. The summed E-state index contributed by atoms with van der Waals surface area (Å²) in [5.41, 5.74) is 1.68. The fraction of sp³-hybridized carbons (Fsp3) is 0.357. The van der Waals surface area contributed by atoms with E-state index in [1.54, 1.807) is 16.2 Å². The third-order valence-electron chi connectivity index (χ3n) is 6.14. The summed E-state index contributed by atoms with van der Waals surface area (Å²) in [6.45, 7) is 7.48. The number of benzene rings is 2. The van der Waals surface area contributed by atoms with Gasteiger partial charge in [-0.2, -0.15) is 0 Å². The summed E-state index contributed by atoms with van der Waals surface area (Å²) in [6, 6.07) is 23.4. The third-order valence-corrected chi connectivity index (χ3v) is 7.12. The molecule has 184 valence electrons. The summed E-state index contributed by atoms with van der Waals surface area (Å²) >= 11 is 1.70. The molecule has 0 aliphatic carbocycles. The second kappa shape index (κ2) is 12.6. The highest BCUT2D eigenvalue weighted by molar-refractivity contribution is 7.11. The minimum atomic E-state index is -0.112. The van der Waals surface area contributed by atoms with Crippen LogP contribution in [0.2, 0.25) is 0 Å². The first-order valence-corrected chi connectivity index (χ1v) is 12.9. The van der Waals surface area contributed by atoms with Crippen molar-refractivity contribution in [3.63, 3.8) is 0 Å². The molecule has 0 unspecified atom stereocenters. The van der Waals surface area contributed by atoms with Crippen LogP contribution in [0.25, 0.3) is 0 Å². The maximum absolute atomic E-state index is 13.7. The van der Waals surface area contributed by atoms with E-state index in [1.807, 2.05) is 65.6 Å². The van der Waals surface area contributed by atoms with Crippen molar-refractivity contribution < 1.29 is 14.3 Å². The molecule has 0 radical (unpaired) electrons. The molecule has 0 bridgehead atoms.